The maximum absolute atomic E-state index is 2.37. The molecule has 0 spiro atoms. The van der Waals surface area contributed by atoms with Crippen LogP contribution in [0.15, 0.2) is 36.4 Å². The molecule has 0 radical (unpaired) electrons. The van der Waals surface area contributed by atoms with Crippen LogP contribution in [0.2, 0.25) is 0 Å². The number of rotatable bonds is 1. The molecule has 0 saturated carbocycles. The van der Waals surface area contributed by atoms with E-state index in [0.29, 0.717) is 0 Å². The van der Waals surface area contributed by atoms with E-state index in [4.69, 9.17) is 0 Å². The molecule has 0 aliphatic heterocycles. The van der Waals surface area contributed by atoms with Gasteiger partial charge in [0.25, 0.3) is 0 Å². The van der Waals surface area contributed by atoms with Crippen molar-refractivity contribution in [3.63, 3.8) is 0 Å². The summed E-state index contributed by atoms with van der Waals surface area (Å²) in [6, 6.07) is 13.9. The number of aryl methyl sites for hydroxylation is 1. The monoisotopic (exact) mass is 324 g/mol. The van der Waals surface area contributed by atoms with Crippen molar-refractivity contribution in [2.45, 2.75) is 39.5 Å². The molecule has 0 bridgehead atoms. The summed E-state index contributed by atoms with van der Waals surface area (Å²) in [7, 11) is 0. The van der Waals surface area contributed by atoms with Gasteiger partial charge in [0.15, 0.2) is 0 Å². The molecule has 0 N–H and O–H groups in total. The highest BCUT2D eigenvalue weighted by Crippen LogP contribution is 2.41. The fourth-order valence-corrected chi connectivity index (χ4v) is 5.37. The summed E-state index contributed by atoms with van der Waals surface area (Å²) < 4.78 is 2.89. The highest BCUT2D eigenvalue weighted by atomic mass is 32.1. The van der Waals surface area contributed by atoms with Crippen LogP contribution in [0, 0.1) is 0 Å². The Morgan fingerprint density at radius 2 is 1.41 bits per heavy atom. The lowest BCUT2D eigenvalue weighted by Gasteiger charge is -2.14. The van der Waals surface area contributed by atoms with Crippen LogP contribution in [0.25, 0.3) is 30.9 Å². The molecular formula is C20H20S2. The molecule has 4 aromatic rings. The second-order valence-electron chi connectivity index (χ2n) is 6.99. The van der Waals surface area contributed by atoms with Crippen LogP contribution in [0.1, 0.15) is 37.4 Å². The van der Waals surface area contributed by atoms with Gasteiger partial charge in [-0.2, -0.15) is 0 Å². The Kier molecular flexibility index (Phi) is 3.11. The van der Waals surface area contributed by atoms with Gasteiger partial charge in [0, 0.05) is 29.9 Å². The van der Waals surface area contributed by atoms with Gasteiger partial charge in [0.05, 0.1) is 0 Å². The SMILES string of the molecule is CCc1cc2ccc3c(ccc4cc(C(C)(C)C)sc43)c2s1. The average Bonchev–Trinajstić information content (AvgIpc) is 3.09. The van der Waals surface area contributed by atoms with E-state index in [1.54, 1.807) is 0 Å². The molecule has 0 atom stereocenters. The third kappa shape index (κ3) is 2.09. The van der Waals surface area contributed by atoms with E-state index in [2.05, 4.69) is 64.1 Å². The van der Waals surface area contributed by atoms with Crippen LogP contribution < -0.4 is 0 Å². The first-order chi connectivity index (χ1) is 10.5. The van der Waals surface area contributed by atoms with Crippen molar-refractivity contribution in [3.05, 3.63) is 46.2 Å². The Bertz CT molecular complexity index is 993. The summed E-state index contributed by atoms with van der Waals surface area (Å²) in [5, 5.41) is 5.60. The molecule has 0 amide bonds. The summed E-state index contributed by atoms with van der Waals surface area (Å²) in [6.45, 7) is 9.13. The van der Waals surface area contributed by atoms with Gasteiger partial charge in [-0.3, -0.25) is 0 Å². The lowest BCUT2D eigenvalue weighted by Crippen LogP contribution is -2.07. The molecule has 4 rings (SSSR count). The van der Waals surface area contributed by atoms with Crippen molar-refractivity contribution in [1.29, 1.82) is 0 Å². The van der Waals surface area contributed by atoms with E-state index >= 15 is 0 Å². The van der Waals surface area contributed by atoms with Crippen molar-refractivity contribution in [2.24, 2.45) is 0 Å². The van der Waals surface area contributed by atoms with Gasteiger partial charge in [-0.25, -0.2) is 0 Å². The second kappa shape index (κ2) is 4.81. The zero-order chi connectivity index (χ0) is 15.5. The molecular weight excluding hydrogens is 304 g/mol. The smallest absolute Gasteiger partial charge is 0.0424 e. The predicted octanol–water partition coefficient (Wildman–Crippen LogP) is 7.13. The van der Waals surface area contributed by atoms with Crippen molar-refractivity contribution >= 4 is 53.6 Å². The third-order valence-corrected chi connectivity index (χ3v) is 7.24. The highest BCUT2D eigenvalue weighted by Gasteiger charge is 2.18. The summed E-state index contributed by atoms with van der Waals surface area (Å²) in [5.41, 5.74) is 0.221. The predicted molar refractivity (Wildman–Crippen MR) is 103 cm³/mol. The van der Waals surface area contributed by atoms with Gasteiger partial charge in [-0.1, -0.05) is 52.0 Å². The fraction of sp³-hybridized carbons (Fsp3) is 0.300. The normalized spacial score (nSPS) is 12.7. The molecule has 0 aliphatic carbocycles. The van der Waals surface area contributed by atoms with E-state index in [1.165, 1.54) is 40.7 Å². The van der Waals surface area contributed by atoms with Crippen LogP contribution in [0.4, 0.5) is 0 Å². The lowest BCUT2D eigenvalue weighted by molar-refractivity contribution is 0.604. The summed E-state index contributed by atoms with van der Waals surface area (Å²) in [4.78, 5) is 2.94. The maximum atomic E-state index is 2.37. The molecule has 22 heavy (non-hydrogen) atoms. The Morgan fingerprint density at radius 1 is 0.818 bits per heavy atom. The molecule has 0 aliphatic rings. The highest BCUT2D eigenvalue weighted by molar-refractivity contribution is 7.21. The van der Waals surface area contributed by atoms with E-state index in [0.717, 1.165) is 6.42 Å². The number of fused-ring (bicyclic) bond motifs is 5. The molecule has 0 nitrogen and oxygen atoms in total. The van der Waals surface area contributed by atoms with Crippen LogP contribution in [0.5, 0.6) is 0 Å². The maximum Gasteiger partial charge on any atom is 0.0424 e. The van der Waals surface area contributed by atoms with E-state index in [9.17, 15) is 0 Å². The molecule has 0 unspecified atom stereocenters. The van der Waals surface area contributed by atoms with E-state index < -0.39 is 0 Å². The first-order valence-electron chi connectivity index (χ1n) is 7.85. The van der Waals surface area contributed by atoms with Crippen molar-refractivity contribution in [1.82, 2.24) is 0 Å². The number of hydrogen-bond acceptors (Lipinski definition) is 2. The number of hydrogen-bond donors (Lipinski definition) is 0. The molecule has 2 aromatic carbocycles. The summed E-state index contributed by atoms with van der Waals surface area (Å²) in [5.74, 6) is 0. The van der Waals surface area contributed by atoms with Crippen LogP contribution in [-0.2, 0) is 11.8 Å². The van der Waals surface area contributed by atoms with Gasteiger partial charge in [0.2, 0.25) is 0 Å². The molecule has 2 aromatic heterocycles. The van der Waals surface area contributed by atoms with Gasteiger partial charge >= 0.3 is 0 Å². The third-order valence-electron chi connectivity index (χ3n) is 4.30. The Hall–Kier alpha value is -1.38. The minimum atomic E-state index is 0.221. The van der Waals surface area contributed by atoms with Gasteiger partial charge < -0.3 is 0 Å². The average molecular weight is 325 g/mol. The summed E-state index contributed by atoms with van der Waals surface area (Å²) >= 11 is 3.91. The zero-order valence-corrected chi connectivity index (χ0v) is 15.1. The quantitative estimate of drug-likeness (QED) is 0.349. The van der Waals surface area contributed by atoms with Crippen LogP contribution in [0.3, 0.4) is 0 Å². The van der Waals surface area contributed by atoms with Crippen LogP contribution >= 0.6 is 22.7 Å². The first-order valence-corrected chi connectivity index (χ1v) is 9.49. The van der Waals surface area contributed by atoms with Crippen molar-refractivity contribution in [3.8, 4) is 0 Å². The van der Waals surface area contributed by atoms with Crippen molar-refractivity contribution < 1.29 is 0 Å². The van der Waals surface area contributed by atoms with Gasteiger partial charge in [0.1, 0.15) is 0 Å². The molecule has 112 valence electrons. The Balaban J connectivity index is 2.09. The molecule has 0 fully saturated rings. The first kappa shape index (κ1) is 14.2. The number of thiophene rings is 2. The van der Waals surface area contributed by atoms with Gasteiger partial charge in [-0.05, 0) is 34.7 Å². The van der Waals surface area contributed by atoms with E-state index in [1.807, 2.05) is 22.7 Å². The lowest BCUT2D eigenvalue weighted by atomic mass is 9.94. The van der Waals surface area contributed by atoms with Crippen LogP contribution in [-0.4, -0.2) is 0 Å². The van der Waals surface area contributed by atoms with Gasteiger partial charge in [-0.15, -0.1) is 22.7 Å². The Morgan fingerprint density at radius 3 is 2.00 bits per heavy atom. The van der Waals surface area contributed by atoms with Crippen molar-refractivity contribution in [2.75, 3.05) is 0 Å². The Labute approximate surface area is 139 Å². The molecule has 2 heterocycles. The molecule has 0 saturated heterocycles. The number of benzene rings is 2. The standard InChI is InChI=1S/C20H20S2/c1-5-14-10-12-6-8-16-15(18(12)21-14)9-7-13-11-17(20(2,3)4)22-19(13)16/h6-11H,5H2,1-4H3. The molecule has 2 heteroatoms. The largest absolute Gasteiger partial charge is 0.140 e. The topological polar surface area (TPSA) is 0 Å². The zero-order valence-electron chi connectivity index (χ0n) is 13.5. The minimum Gasteiger partial charge on any atom is -0.140 e. The minimum absolute atomic E-state index is 0.221. The fourth-order valence-electron chi connectivity index (χ4n) is 3.00. The van der Waals surface area contributed by atoms with E-state index in [-0.39, 0.29) is 5.41 Å². The second-order valence-corrected chi connectivity index (χ2v) is 9.18. The summed E-state index contributed by atoms with van der Waals surface area (Å²) in [6.07, 6.45) is 1.12.